The molecule has 9 nitrogen and oxygen atoms in total. The van der Waals surface area contributed by atoms with Crippen molar-refractivity contribution in [3.05, 3.63) is 64.1 Å². The Morgan fingerprint density at radius 2 is 1.91 bits per heavy atom. The first-order valence-corrected chi connectivity index (χ1v) is 9.06. The molecule has 0 bridgehead atoms. The van der Waals surface area contributed by atoms with Crippen LogP contribution in [0, 0.1) is 5.82 Å². The molecule has 0 aliphatic heterocycles. The minimum absolute atomic E-state index is 0.0886. The highest BCUT2D eigenvalue weighted by Gasteiger charge is 2.34. The number of benzene rings is 1. The molecule has 1 aromatic carbocycles. The lowest BCUT2D eigenvalue weighted by molar-refractivity contribution is -0.139. The summed E-state index contributed by atoms with van der Waals surface area (Å²) in [7, 11) is 0. The predicted molar refractivity (Wildman–Crippen MR) is 103 cm³/mol. The lowest BCUT2D eigenvalue weighted by Gasteiger charge is -2.11. The number of amides is 2. The van der Waals surface area contributed by atoms with E-state index in [1.807, 2.05) is 0 Å². The summed E-state index contributed by atoms with van der Waals surface area (Å²) in [5, 5.41) is 8.19. The Balaban J connectivity index is 1.70. The van der Waals surface area contributed by atoms with Crippen molar-refractivity contribution in [2.45, 2.75) is 19.1 Å². The van der Waals surface area contributed by atoms with E-state index < -0.39 is 35.4 Å². The molecule has 3 aromatic rings. The molecule has 14 heteroatoms. The van der Waals surface area contributed by atoms with Gasteiger partial charge in [0.2, 0.25) is 5.76 Å². The molecule has 0 spiro atoms. The van der Waals surface area contributed by atoms with Gasteiger partial charge in [0.25, 0.3) is 11.8 Å². The fourth-order valence-corrected chi connectivity index (χ4v) is 2.68. The number of rotatable bonds is 5. The van der Waals surface area contributed by atoms with Gasteiger partial charge in [-0.1, -0.05) is 16.8 Å². The number of nitrogens with zero attached hydrogens (tertiary/aromatic N) is 3. The van der Waals surface area contributed by atoms with Crippen LogP contribution in [0.25, 0.3) is 0 Å². The molecule has 2 heterocycles. The van der Waals surface area contributed by atoms with E-state index in [1.165, 1.54) is 13.0 Å². The Hall–Kier alpha value is -3.74. The Morgan fingerprint density at radius 1 is 1.19 bits per heavy atom. The number of nitrogens with two attached hydrogens (primary N) is 1. The van der Waals surface area contributed by atoms with Gasteiger partial charge in [0.05, 0.1) is 11.6 Å². The molecule has 1 atom stereocenters. The van der Waals surface area contributed by atoms with Gasteiger partial charge in [-0.3, -0.25) is 9.59 Å². The van der Waals surface area contributed by atoms with E-state index in [1.54, 1.807) is 0 Å². The molecule has 1 unspecified atom stereocenters. The summed E-state index contributed by atoms with van der Waals surface area (Å²) in [6.45, 7) is 1.52. The lowest BCUT2D eigenvalue weighted by atomic mass is 10.1. The van der Waals surface area contributed by atoms with Crippen LogP contribution in [0.5, 0.6) is 0 Å². The van der Waals surface area contributed by atoms with E-state index in [4.69, 9.17) is 21.9 Å². The summed E-state index contributed by atoms with van der Waals surface area (Å²) in [5.41, 5.74) is 3.63. The first-order valence-electron chi connectivity index (χ1n) is 8.69. The minimum Gasteiger partial charge on any atom is -0.382 e. The number of hydrogen-bond acceptors (Lipinski definition) is 7. The smallest absolute Gasteiger partial charge is 0.382 e. The van der Waals surface area contributed by atoms with E-state index in [2.05, 4.69) is 25.8 Å². The molecule has 32 heavy (non-hydrogen) atoms. The normalized spacial score (nSPS) is 12.3. The number of anilines is 2. The fourth-order valence-electron chi connectivity index (χ4n) is 2.49. The van der Waals surface area contributed by atoms with Crippen molar-refractivity contribution < 1.29 is 31.7 Å². The number of alkyl halides is 3. The Morgan fingerprint density at radius 3 is 2.59 bits per heavy atom. The molecule has 0 saturated carbocycles. The molecule has 168 valence electrons. The minimum atomic E-state index is -4.94. The Labute approximate surface area is 182 Å². The largest absolute Gasteiger partial charge is 0.419 e. The number of aromatic nitrogens is 3. The van der Waals surface area contributed by atoms with Crippen LogP contribution >= 0.6 is 11.6 Å². The van der Waals surface area contributed by atoms with Gasteiger partial charge in [-0.25, -0.2) is 14.4 Å². The van der Waals surface area contributed by atoms with E-state index in [-0.39, 0.29) is 33.7 Å². The van der Waals surface area contributed by atoms with E-state index in [0.29, 0.717) is 12.1 Å². The molecule has 3 rings (SSSR count). The van der Waals surface area contributed by atoms with Gasteiger partial charge in [-0.15, -0.1) is 0 Å². The third kappa shape index (κ3) is 4.94. The van der Waals surface area contributed by atoms with Crippen molar-refractivity contribution in [2.75, 3.05) is 11.1 Å². The Bertz CT molecular complexity index is 1180. The summed E-state index contributed by atoms with van der Waals surface area (Å²) in [4.78, 5) is 32.0. The summed E-state index contributed by atoms with van der Waals surface area (Å²) in [6.07, 6.45) is -3.88. The fraction of sp³-hybridized carbons (Fsp3) is 0.167. The zero-order valence-electron chi connectivity index (χ0n) is 16.0. The number of halogens is 5. The third-order valence-electron chi connectivity index (χ3n) is 4.10. The topological polar surface area (TPSA) is 136 Å². The third-order valence-corrected chi connectivity index (χ3v) is 4.48. The molecule has 2 amide bonds. The maximum absolute atomic E-state index is 13.4. The van der Waals surface area contributed by atoms with Crippen molar-refractivity contribution in [1.29, 1.82) is 0 Å². The first kappa shape index (κ1) is 22.9. The number of nitrogens with one attached hydrogen (secondary N) is 2. The van der Waals surface area contributed by atoms with Crippen molar-refractivity contribution in [3.8, 4) is 0 Å². The van der Waals surface area contributed by atoms with Crippen LogP contribution in [0.4, 0.5) is 29.1 Å². The van der Waals surface area contributed by atoms with Crippen molar-refractivity contribution in [2.24, 2.45) is 0 Å². The molecule has 2 aromatic heterocycles. The van der Waals surface area contributed by atoms with Gasteiger partial charge in [0, 0.05) is 11.8 Å². The van der Waals surface area contributed by atoms with E-state index in [0.717, 1.165) is 12.4 Å². The number of nitrogen functional groups attached to an aromatic ring is 1. The quantitative estimate of drug-likeness (QED) is 0.482. The molecule has 0 aliphatic carbocycles. The monoisotopic (exact) mass is 472 g/mol. The highest BCUT2D eigenvalue weighted by molar-refractivity contribution is 6.35. The molecular weight excluding hydrogens is 460 g/mol. The zero-order valence-corrected chi connectivity index (χ0v) is 16.8. The van der Waals surface area contributed by atoms with E-state index in [9.17, 15) is 27.2 Å². The van der Waals surface area contributed by atoms with Gasteiger partial charge >= 0.3 is 6.18 Å². The van der Waals surface area contributed by atoms with Gasteiger partial charge in [-0.05, 0) is 25.1 Å². The van der Waals surface area contributed by atoms with Crippen LogP contribution in [0.15, 0.2) is 35.1 Å². The summed E-state index contributed by atoms with van der Waals surface area (Å²) < 4.78 is 56.7. The second-order valence-corrected chi connectivity index (χ2v) is 6.76. The SMILES string of the molecule is CC(NC(=O)c1ncnc(N)c1Cl)c1cc(C(=O)Nc2ccc(F)c(C(F)(F)F)c2)on1. The molecular formula is C18H13ClF4N6O3. The van der Waals surface area contributed by atoms with Gasteiger partial charge in [-0.2, -0.15) is 13.2 Å². The summed E-state index contributed by atoms with van der Waals surface area (Å²) >= 11 is 5.90. The standard InChI is InChI=1S/C18H13ClF4N6O3/c1-7(27-17(31)14-13(19)15(24)26-6-25-14)11-5-12(32-29-11)16(30)28-8-2-3-10(20)9(4-8)18(21,22)23/h2-7H,1H3,(H,27,31)(H,28,30)(H2,24,25,26). The van der Waals surface area contributed by atoms with Crippen LogP contribution in [-0.4, -0.2) is 26.9 Å². The van der Waals surface area contributed by atoms with Crippen LogP contribution < -0.4 is 16.4 Å². The zero-order chi connectivity index (χ0) is 23.6. The summed E-state index contributed by atoms with van der Waals surface area (Å²) in [5.74, 6) is -3.56. The summed E-state index contributed by atoms with van der Waals surface area (Å²) in [6, 6.07) is 2.38. The maximum Gasteiger partial charge on any atom is 0.419 e. The van der Waals surface area contributed by atoms with Crippen LogP contribution in [-0.2, 0) is 6.18 Å². The second kappa shape index (κ2) is 8.78. The molecule has 0 aliphatic rings. The van der Waals surface area contributed by atoms with Crippen molar-refractivity contribution in [3.63, 3.8) is 0 Å². The number of carbonyl (C=O) groups is 2. The molecule has 0 saturated heterocycles. The van der Waals surface area contributed by atoms with E-state index >= 15 is 0 Å². The van der Waals surface area contributed by atoms with Crippen molar-refractivity contribution >= 4 is 34.9 Å². The molecule has 4 N–H and O–H groups in total. The van der Waals surface area contributed by atoms with Gasteiger partial charge in [0.15, 0.2) is 5.69 Å². The van der Waals surface area contributed by atoms with Crippen LogP contribution in [0.1, 0.15) is 45.3 Å². The second-order valence-electron chi connectivity index (χ2n) is 6.38. The van der Waals surface area contributed by atoms with Crippen LogP contribution in [0.3, 0.4) is 0 Å². The lowest BCUT2D eigenvalue weighted by Crippen LogP contribution is -2.28. The van der Waals surface area contributed by atoms with Gasteiger partial charge in [0.1, 0.15) is 28.7 Å². The molecule has 0 radical (unpaired) electrons. The number of hydrogen-bond donors (Lipinski definition) is 3. The van der Waals surface area contributed by atoms with Gasteiger partial charge < -0.3 is 20.9 Å². The average Bonchev–Trinajstić information content (AvgIpc) is 3.21. The maximum atomic E-state index is 13.4. The van der Waals surface area contributed by atoms with Crippen LogP contribution in [0.2, 0.25) is 5.02 Å². The molecule has 0 fully saturated rings. The average molecular weight is 473 g/mol. The predicted octanol–water partition coefficient (Wildman–Crippen LogP) is 3.60. The highest BCUT2D eigenvalue weighted by Crippen LogP contribution is 2.33. The highest BCUT2D eigenvalue weighted by atomic mass is 35.5. The first-order chi connectivity index (χ1) is 15.0. The Kier molecular flexibility index (Phi) is 6.30. The number of carbonyl (C=O) groups excluding carboxylic acids is 2. The van der Waals surface area contributed by atoms with Crippen molar-refractivity contribution in [1.82, 2.24) is 20.4 Å².